The summed E-state index contributed by atoms with van der Waals surface area (Å²) < 4.78 is 34.3. The van der Waals surface area contributed by atoms with Gasteiger partial charge < -0.3 is 9.64 Å². The van der Waals surface area contributed by atoms with Crippen LogP contribution in [0.1, 0.15) is 26.3 Å². The van der Waals surface area contributed by atoms with Gasteiger partial charge in [-0.3, -0.25) is 9.52 Å². The Labute approximate surface area is 177 Å². The molecule has 3 rings (SSSR count). The molecule has 0 spiro atoms. The maximum Gasteiger partial charge on any atom is 0.308 e. The Morgan fingerprint density at radius 3 is 2.30 bits per heavy atom. The van der Waals surface area contributed by atoms with Crippen LogP contribution in [0.15, 0.2) is 59.5 Å². The third-order valence-electron chi connectivity index (χ3n) is 4.97. The van der Waals surface area contributed by atoms with Gasteiger partial charge in [0.25, 0.3) is 10.0 Å². The van der Waals surface area contributed by atoms with E-state index >= 15 is 0 Å². The molecule has 30 heavy (non-hydrogen) atoms. The van der Waals surface area contributed by atoms with E-state index in [-0.39, 0.29) is 4.90 Å². The van der Waals surface area contributed by atoms with E-state index in [1.165, 1.54) is 6.92 Å². The van der Waals surface area contributed by atoms with Crippen molar-refractivity contribution in [2.24, 2.45) is 0 Å². The van der Waals surface area contributed by atoms with Crippen molar-refractivity contribution in [3.63, 3.8) is 0 Å². The highest BCUT2D eigenvalue weighted by molar-refractivity contribution is 7.93. The summed E-state index contributed by atoms with van der Waals surface area (Å²) >= 11 is 0. The van der Waals surface area contributed by atoms with E-state index in [0.29, 0.717) is 22.2 Å². The predicted octanol–water partition coefficient (Wildman–Crippen LogP) is 4.72. The molecule has 0 bridgehead atoms. The quantitative estimate of drug-likeness (QED) is 0.437. The van der Waals surface area contributed by atoms with Crippen LogP contribution >= 0.6 is 0 Å². The van der Waals surface area contributed by atoms with Crippen molar-refractivity contribution in [2.75, 3.05) is 22.7 Å². The minimum Gasteiger partial charge on any atom is -0.426 e. The van der Waals surface area contributed by atoms with Crippen molar-refractivity contribution in [3.8, 4) is 5.75 Å². The molecule has 0 fully saturated rings. The summed E-state index contributed by atoms with van der Waals surface area (Å²) in [5.41, 5.74) is 2.42. The zero-order valence-corrected chi connectivity index (χ0v) is 18.4. The van der Waals surface area contributed by atoms with Crippen molar-refractivity contribution in [3.05, 3.63) is 60.2 Å². The van der Waals surface area contributed by atoms with E-state index in [9.17, 15) is 13.2 Å². The zero-order chi connectivity index (χ0) is 21.9. The third kappa shape index (κ3) is 4.41. The number of anilines is 2. The van der Waals surface area contributed by atoms with E-state index < -0.39 is 16.0 Å². The first-order valence-electron chi connectivity index (χ1n) is 9.85. The fraction of sp³-hybridized carbons (Fsp3) is 0.261. The Hall–Kier alpha value is -3.06. The van der Waals surface area contributed by atoms with Gasteiger partial charge in [-0.15, -0.1) is 0 Å². The lowest BCUT2D eigenvalue weighted by molar-refractivity contribution is -0.131. The fourth-order valence-corrected chi connectivity index (χ4v) is 4.83. The molecule has 0 heterocycles. The number of nitrogens with one attached hydrogen (secondary N) is 1. The van der Waals surface area contributed by atoms with Crippen molar-refractivity contribution >= 4 is 38.1 Å². The topological polar surface area (TPSA) is 75.7 Å². The smallest absolute Gasteiger partial charge is 0.308 e. The van der Waals surface area contributed by atoms with Gasteiger partial charge in [0.2, 0.25) is 0 Å². The second-order valence-corrected chi connectivity index (χ2v) is 8.63. The second-order valence-electron chi connectivity index (χ2n) is 6.98. The normalized spacial score (nSPS) is 11.3. The van der Waals surface area contributed by atoms with Gasteiger partial charge in [0.05, 0.1) is 10.6 Å². The number of ether oxygens (including phenoxy) is 1. The molecule has 0 saturated heterocycles. The Morgan fingerprint density at radius 2 is 1.67 bits per heavy atom. The summed E-state index contributed by atoms with van der Waals surface area (Å²) in [7, 11) is -3.86. The Balaban J connectivity index is 2.00. The van der Waals surface area contributed by atoms with Gasteiger partial charge in [-0.2, -0.15) is 0 Å². The molecule has 7 heteroatoms. The molecule has 0 aliphatic carbocycles. The fourth-order valence-electron chi connectivity index (χ4n) is 3.48. The van der Waals surface area contributed by atoms with Gasteiger partial charge in [-0.1, -0.05) is 24.3 Å². The summed E-state index contributed by atoms with van der Waals surface area (Å²) in [4.78, 5) is 13.7. The number of fused-ring (bicyclic) bond motifs is 1. The van der Waals surface area contributed by atoms with Gasteiger partial charge in [0.1, 0.15) is 5.75 Å². The van der Waals surface area contributed by atoms with Crippen LogP contribution in [0.3, 0.4) is 0 Å². The highest BCUT2D eigenvalue weighted by Gasteiger charge is 2.20. The Bertz CT molecular complexity index is 1190. The van der Waals surface area contributed by atoms with Crippen molar-refractivity contribution in [1.82, 2.24) is 0 Å². The minimum atomic E-state index is -3.86. The number of benzene rings is 3. The molecule has 158 valence electrons. The van der Waals surface area contributed by atoms with E-state index in [2.05, 4.69) is 23.5 Å². The predicted molar refractivity (Wildman–Crippen MR) is 121 cm³/mol. The zero-order valence-electron chi connectivity index (χ0n) is 17.6. The summed E-state index contributed by atoms with van der Waals surface area (Å²) in [6, 6.07) is 15.6. The molecule has 3 aromatic rings. The lowest BCUT2D eigenvalue weighted by Crippen LogP contribution is -2.22. The molecule has 0 aliphatic heterocycles. The maximum absolute atomic E-state index is 13.2. The van der Waals surface area contributed by atoms with Crippen molar-refractivity contribution < 1.29 is 17.9 Å². The van der Waals surface area contributed by atoms with E-state index in [0.717, 1.165) is 24.3 Å². The first-order chi connectivity index (χ1) is 14.3. The van der Waals surface area contributed by atoms with Crippen LogP contribution in [0.25, 0.3) is 10.8 Å². The standard InChI is InChI=1S/C23H26N2O4S/c1-5-25(6-2)18-13-14-21(16(3)15-18)24-30(27,28)23-12-8-9-19-20(23)10-7-11-22(19)29-17(4)26/h7-15,24H,5-6H2,1-4H3. The molecule has 0 aromatic heterocycles. The van der Waals surface area contributed by atoms with Gasteiger partial charge in [0, 0.05) is 36.5 Å². The van der Waals surface area contributed by atoms with Crippen LogP contribution in [0, 0.1) is 6.92 Å². The molecular formula is C23H26N2O4S. The summed E-state index contributed by atoms with van der Waals surface area (Å²) in [5, 5.41) is 1.05. The molecule has 0 amide bonds. The molecule has 3 aromatic carbocycles. The van der Waals surface area contributed by atoms with Crippen LogP contribution in [-0.4, -0.2) is 27.5 Å². The highest BCUT2D eigenvalue weighted by Crippen LogP contribution is 2.32. The number of aryl methyl sites for hydroxylation is 1. The van der Waals surface area contributed by atoms with E-state index in [4.69, 9.17) is 4.74 Å². The Morgan fingerprint density at radius 1 is 1.00 bits per heavy atom. The number of hydrogen-bond donors (Lipinski definition) is 1. The average Bonchev–Trinajstić information content (AvgIpc) is 2.70. The monoisotopic (exact) mass is 426 g/mol. The van der Waals surface area contributed by atoms with Gasteiger partial charge >= 0.3 is 5.97 Å². The molecule has 0 atom stereocenters. The molecule has 0 radical (unpaired) electrons. The summed E-state index contributed by atoms with van der Waals surface area (Å²) in [6.07, 6.45) is 0. The van der Waals surface area contributed by atoms with Gasteiger partial charge in [-0.25, -0.2) is 8.42 Å². The maximum atomic E-state index is 13.2. The van der Waals surface area contributed by atoms with Crippen LogP contribution < -0.4 is 14.4 Å². The Kier molecular flexibility index (Phi) is 6.31. The SMILES string of the molecule is CCN(CC)c1ccc(NS(=O)(=O)c2cccc3c(OC(C)=O)cccc23)c(C)c1. The van der Waals surface area contributed by atoms with E-state index in [1.807, 2.05) is 19.1 Å². The van der Waals surface area contributed by atoms with Crippen molar-refractivity contribution in [2.45, 2.75) is 32.6 Å². The number of esters is 1. The van der Waals surface area contributed by atoms with Crippen LogP contribution in [0.2, 0.25) is 0 Å². The van der Waals surface area contributed by atoms with Crippen molar-refractivity contribution in [1.29, 1.82) is 0 Å². The lowest BCUT2D eigenvalue weighted by atomic mass is 10.1. The van der Waals surface area contributed by atoms with Gasteiger partial charge in [-0.05, 0) is 56.7 Å². The molecule has 0 aliphatic rings. The van der Waals surface area contributed by atoms with Crippen LogP contribution in [0.4, 0.5) is 11.4 Å². The third-order valence-corrected chi connectivity index (χ3v) is 6.39. The average molecular weight is 427 g/mol. The molecule has 0 unspecified atom stereocenters. The van der Waals surface area contributed by atoms with Gasteiger partial charge in [0.15, 0.2) is 0 Å². The molecule has 0 saturated carbocycles. The number of carbonyl (C=O) groups excluding carboxylic acids is 1. The minimum absolute atomic E-state index is 0.126. The molecular weight excluding hydrogens is 400 g/mol. The molecule has 6 nitrogen and oxygen atoms in total. The highest BCUT2D eigenvalue weighted by atomic mass is 32.2. The van der Waals surface area contributed by atoms with Crippen LogP contribution in [0.5, 0.6) is 5.75 Å². The largest absolute Gasteiger partial charge is 0.426 e. The second kappa shape index (κ2) is 8.75. The summed E-state index contributed by atoms with van der Waals surface area (Å²) in [6.45, 7) is 9.11. The number of nitrogens with zero attached hydrogens (tertiary/aromatic N) is 1. The number of hydrogen-bond acceptors (Lipinski definition) is 5. The first kappa shape index (κ1) is 21.6. The lowest BCUT2D eigenvalue weighted by Gasteiger charge is -2.22. The van der Waals surface area contributed by atoms with Crippen LogP contribution in [-0.2, 0) is 14.8 Å². The summed E-state index contributed by atoms with van der Waals surface area (Å²) in [5.74, 6) is -0.130. The number of sulfonamides is 1. The first-order valence-corrected chi connectivity index (χ1v) is 11.3. The molecule has 1 N–H and O–H groups in total. The van der Waals surface area contributed by atoms with E-state index in [1.54, 1.807) is 42.5 Å². The number of rotatable bonds is 7. The number of carbonyl (C=O) groups is 1.